The van der Waals surface area contributed by atoms with Gasteiger partial charge in [0, 0.05) is 19.2 Å². The van der Waals surface area contributed by atoms with Gasteiger partial charge in [0.25, 0.3) is 0 Å². The third-order valence-electron chi connectivity index (χ3n) is 2.86. The molecule has 1 amide bonds. The van der Waals surface area contributed by atoms with Gasteiger partial charge in [0.2, 0.25) is 17.6 Å². The molecule has 0 saturated heterocycles. The molecule has 2 aromatic heterocycles. The van der Waals surface area contributed by atoms with Crippen LogP contribution in [0.2, 0.25) is 0 Å². The first kappa shape index (κ1) is 16.1. The summed E-state index contributed by atoms with van der Waals surface area (Å²) in [6.07, 6.45) is -4.85. The molecule has 0 aromatic carbocycles. The SMILES string of the molecule is NCc1nc2nc(CNC(=O)CCC(F)(F)F)ccn2c1F. The highest BCUT2D eigenvalue weighted by molar-refractivity contribution is 5.75. The quantitative estimate of drug-likeness (QED) is 0.813. The zero-order valence-corrected chi connectivity index (χ0v) is 11.3. The number of hydrogen-bond acceptors (Lipinski definition) is 4. The number of carbonyl (C=O) groups excluding carboxylic acids is 1. The second kappa shape index (κ2) is 6.26. The van der Waals surface area contributed by atoms with Crippen molar-refractivity contribution in [1.82, 2.24) is 19.7 Å². The Morgan fingerprint density at radius 1 is 1.36 bits per heavy atom. The van der Waals surface area contributed by atoms with Gasteiger partial charge in [-0.15, -0.1) is 0 Å². The van der Waals surface area contributed by atoms with Gasteiger partial charge in [0.1, 0.15) is 5.69 Å². The number of fused-ring (bicyclic) bond motifs is 1. The van der Waals surface area contributed by atoms with E-state index in [1.54, 1.807) is 0 Å². The third-order valence-corrected chi connectivity index (χ3v) is 2.86. The zero-order valence-electron chi connectivity index (χ0n) is 11.3. The Kier molecular flexibility index (Phi) is 4.59. The first-order valence-corrected chi connectivity index (χ1v) is 6.36. The van der Waals surface area contributed by atoms with Gasteiger partial charge in [0.05, 0.1) is 18.7 Å². The van der Waals surface area contributed by atoms with Gasteiger partial charge < -0.3 is 11.1 Å². The molecule has 0 aliphatic carbocycles. The molecule has 2 aromatic rings. The molecule has 3 N–H and O–H groups in total. The number of nitrogens with two attached hydrogens (primary N) is 1. The summed E-state index contributed by atoms with van der Waals surface area (Å²) in [5.41, 5.74) is 5.73. The normalized spacial score (nSPS) is 11.9. The summed E-state index contributed by atoms with van der Waals surface area (Å²) >= 11 is 0. The van der Waals surface area contributed by atoms with Crippen molar-refractivity contribution in [2.45, 2.75) is 32.1 Å². The standard InChI is InChI=1S/C12H13F4N5O/c13-10-8(5-17)20-11-19-7(2-4-21(10)11)6-18-9(22)1-3-12(14,15)16/h2,4H,1,3,5-6,17H2,(H,18,22). The van der Waals surface area contributed by atoms with Gasteiger partial charge in [-0.3, -0.25) is 9.20 Å². The summed E-state index contributed by atoms with van der Waals surface area (Å²) < 4.78 is 50.7. The van der Waals surface area contributed by atoms with Crippen LogP contribution in [0.1, 0.15) is 24.2 Å². The van der Waals surface area contributed by atoms with Gasteiger partial charge in [-0.05, 0) is 6.07 Å². The summed E-state index contributed by atoms with van der Waals surface area (Å²) in [6.45, 7) is -0.154. The Morgan fingerprint density at radius 2 is 2.09 bits per heavy atom. The molecule has 0 saturated carbocycles. The number of rotatable bonds is 5. The van der Waals surface area contributed by atoms with E-state index in [0.29, 0.717) is 5.69 Å². The Bertz CT molecular complexity index is 682. The number of halogens is 4. The van der Waals surface area contributed by atoms with Gasteiger partial charge in [-0.25, -0.2) is 9.97 Å². The number of hydrogen-bond donors (Lipinski definition) is 2. The van der Waals surface area contributed by atoms with E-state index < -0.39 is 30.9 Å². The van der Waals surface area contributed by atoms with Crippen LogP contribution in [0.3, 0.4) is 0 Å². The van der Waals surface area contributed by atoms with Gasteiger partial charge >= 0.3 is 6.18 Å². The largest absolute Gasteiger partial charge is 0.389 e. The van der Waals surface area contributed by atoms with E-state index in [4.69, 9.17) is 5.73 Å². The van der Waals surface area contributed by atoms with Gasteiger partial charge in [-0.1, -0.05) is 0 Å². The highest BCUT2D eigenvalue weighted by Gasteiger charge is 2.27. The van der Waals surface area contributed by atoms with E-state index in [-0.39, 0.29) is 24.6 Å². The van der Waals surface area contributed by atoms with Crippen molar-refractivity contribution >= 4 is 11.7 Å². The molecule has 0 aliphatic heterocycles. The van der Waals surface area contributed by atoms with E-state index in [2.05, 4.69) is 15.3 Å². The van der Waals surface area contributed by atoms with Crippen LogP contribution in [0.4, 0.5) is 17.6 Å². The molecule has 2 heterocycles. The van der Waals surface area contributed by atoms with E-state index in [1.807, 2.05) is 0 Å². The van der Waals surface area contributed by atoms with Crippen molar-refractivity contribution in [1.29, 1.82) is 0 Å². The van der Waals surface area contributed by atoms with Crippen molar-refractivity contribution < 1.29 is 22.4 Å². The lowest BCUT2D eigenvalue weighted by Crippen LogP contribution is -2.25. The molecule has 0 bridgehead atoms. The second-order valence-electron chi connectivity index (χ2n) is 4.53. The van der Waals surface area contributed by atoms with Gasteiger partial charge in [0.15, 0.2) is 0 Å². The fraction of sp³-hybridized carbons (Fsp3) is 0.417. The highest BCUT2D eigenvalue weighted by atomic mass is 19.4. The molecule has 0 radical (unpaired) electrons. The summed E-state index contributed by atoms with van der Waals surface area (Å²) in [5.74, 6) is -1.29. The molecule has 10 heteroatoms. The topological polar surface area (TPSA) is 85.3 Å². The average molecular weight is 319 g/mol. The monoisotopic (exact) mass is 319 g/mol. The lowest BCUT2D eigenvalue weighted by Gasteiger charge is -2.07. The van der Waals surface area contributed by atoms with Crippen molar-refractivity contribution in [2.75, 3.05) is 0 Å². The molecule has 22 heavy (non-hydrogen) atoms. The van der Waals surface area contributed by atoms with Crippen LogP contribution in [0.5, 0.6) is 0 Å². The smallest absolute Gasteiger partial charge is 0.350 e. The highest BCUT2D eigenvalue weighted by Crippen LogP contribution is 2.21. The molecule has 0 atom stereocenters. The van der Waals surface area contributed by atoms with Crippen LogP contribution in [-0.4, -0.2) is 26.5 Å². The first-order valence-electron chi connectivity index (χ1n) is 6.36. The summed E-state index contributed by atoms with van der Waals surface area (Å²) in [5, 5.41) is 2.31. The minimum absolute atomic E-state index is 0.0545. The molecule has 6 nitrogen and oxygen atoms in total. The predicted octanol–water partition coefficient (Wildman–Crippen LogP) is 1.29. The number of carbonyl (C=O) groups is 1. The number of aromatic nitrogens is 3. The van der Waals surface area contributed by atoms with E-state index in [9.17, 15) is 22.4 Å². The molecule has 2 rings (SSSR count). The van der Waals surface area contributed by atoms with E-state index >= 15 is 0 Å². The maximum Gasteiger partial charge on any atom is 0.389 e. The number of imidazole rings is 1. The number of amides is 1. The van der Waals surface area contributed by atoms with Crippen molar-refractivity contribution in [3.8, 4) is 0 Å². The number of nitrogens with one attached hydrogen (secondary N) is 1. The Hall–Kier alpha value is -2.23. The minimum Gasteiger partial charge on any atom is -0.350 e. The fourth-order valence-corrected chi connectivity index (χ4v) is 1.75. The van der Waals surface area contributed by atoms with Crippen LogP contribution in [0, 0.1) is 5.95 Å². The van der Waals surface area contributed by atoms with E-state index in [1.165, 1.54) is 12.3 Å². The van der Waals surface area contributed by atoms with Crippen LogP contribution in [-0.2, 0) is 17.9 Å². The third kappa shape index (κ3) is 3.91. The van der Waals surface area contributed by atoms with E-state index in [0.717, 1.165) is 4.40 Å². The molecule has 0 spiro atoms. The molecular weight excluding hydrogens is 306 g/mol. The predicted molar refractivity (Wildman–Crippen MR) is 68.0 cm³/mol. The summed E-state index contributed by atoms with van der Waals surface area (Å²) in [6, 6.07) is 1.43. The molecular formula is C12H13F4N5O. The average Bonchev–Trinajstić information content (AvgIpc) is 2.78. The maximum atomic E-state index is 13.7. The van der Waals surface area contributed by atoms with Crippen LogP contribution in [0.25, 0.3) is 5.78 Å². The Balaban J connectivity index is 1.99. The Morgan fingerprint density at radius 3 is 2.73 bits per heavy atom. The summed E-state index contributed by atoms with van der Waals surface area (Å²) in [7, 11) is 0. The van der Waals surface area contributed by atoms with Gasteiger partial charge in [-0.2, -0.15) is 17.6 Å². The van der Waals surface area contributed by atoms with Crippen molar-refractivity contribution in [3.63, 3.8) is 0 Å². The minimum atomic E-state index is -4.37. The molecule has 0 fully saturated rings. The molecule has 120 valence electrons. The first-order chi connectivity index (χ1) is 10.3. The fourth-order valence-electron chi connectivity index (χ4n) is 1.75. The van der Waals surface area contributed by atoms with Crippen LogP contribution < -0.4 is 11.1 Å². The second-order valence-corrected chi connectivity index (χ2v) is 4.53. The van der Waals surface area contributed by atoms with Crippen molar-refractivity contribution in [3.05, 3.63) is 29.6 Å². The summed E-state index contributed by atoms with van der Waals surface area (Å²) in [4.78, 5) is 19.2. The lowest BCUT2D eigenvalue weighted by molar-refractivity contribution is -0.144. The van der Waals surface area contributed by atoms with Crippen LogP contribution in [0.15, 0.2) is 12.3 Å². The lowest BCUT2D eigenvalue weighted by atomic mass is 10.3. The number of alkyl halides is 3. The van der Waals surface area contributed by atoms with Crippen molar-refractivity contribution in [2.24, 2.45) is 5.73 Å². The zero-order chi connectivity index (χ0) is 16.3. The van der Waals surface area contributed by atoms with Crippen LogP contribution >= 0.6 is 0 Å². The maximum absolute atomic E-state index is 13.7. The number of nitrogens with zero attached hydrogens (tertiary/aromatic N) is 3. The Labute approximate surface area is 122 Å². The molecule has 0 unspecified atom stereocenters. The molecule has 0 aliphatic rings.